The highest BCUT2D eigenvalue weighted by Crippen LogP contribution is 2.32. The van der Waals surface area contributed by atoms with Gasteiger partial charge in [-0.15, -0.1) is 0 Å². The molecular formula is C14H21NO3. The molecule has 1 aromatic carbocycles. The van der Waals surface area contributed by atoms with Crippen molar-refractivity contribution >= 4 is 11.5 Å². The first-order valence-electron chi connectivity index (χ1n) is 6.15. The molecule has 0 heterocycles. The van der Waals surface area contributed by atoms with Gasteiger partial charge in [0, 0.05) is 17.7 Å². The van der Waals surface area contributed by atoms with Crippen LogP contribution in [0.2, 0.25) is 0 Å². The Morgan fingerprint density at radius 2 is 2.17 bits per heavy atom. The van der Waals surface area contributed by atoms with E-state index < -0.39 is 0 Å². The third-order valence-electron chi connectivity index (χ3n) is 3.12. The van der Waals surface area contributed by atoms with E-state index in [0.29, 0.717) is 17.9 Å². The molecular weight excluding hydrogens is 230 g/mol. The van der Waals surface area contributed by atoms with Gasteiger partial charge in [0.05, 0.1) is 7.11 Å². The molecule has 1 unspecified atom stereocenters. The summed E-state index contributed by atoms with van der Waals surface area (Å²) < 4.78 is 5.05. The Bertz CT molecular complexity index is 429. The van der Waals surface area contributed by atoms with Gasteiger partial charge in [-0.05, 0) is 31.4 Å². The van der Waals surface area contributed by atoms with E-state index in [9.17, 15) is 9.90 Å². The molecule has 4 nitrogen and oxygen atoms in total. The summed E-state index contributed by atoms with van der Waals surface area (Å²) >= 11 is 0. The predicted octanol–water partition coefficient (Wildman–Crippen LogP) is 2.53. The Hall–Kier alpha value is -1.71. The first-order valence-corrected chi connectivity index (χ1v) is 6.15. The Kier molecular flexibility index (Phi) is 5.01. The lowest BCUT2D eigenvalue weighted by atomic mass is 9.91. The van der Waals surface area contributed by atoms with E-state index in [2.05, 4.69) is 6.92 Å². The van der Waals surface area contributed by atoms with Crippen LogP contribution in [0.25, 0.3) is 0 Å². The molecule has 0 aliphatic heterocycles. The Balaban J connectivity index is 2.98. The molecule has 0 aromatic heterocycles. The van der Waals surface area contributed by atoms with Crippen LogP contribution in [0.1, 0.15) is 32.3 Å². The van der Waals surface area contributed by atoms with Crippen molar-refractivity contribution in [1.82, 2.24) is 0 Å². The summed E-state index contributed by atoms with van der Waals surface area (Å²) in [5.41, 5.74) is 7.20. The smallest absolute Gasteiger partial charge is 0.160 e. The molecule has 0 aliphatic rings. The molecule has 0 spiro atoms. The van der Waals surface area contributed by atoms with Gasteiger partial charge in [0.25, 0.3) is 0 Å². The van der Waals surface area contributed by atoms with E-state index >= 15 is 0 Å². The lowest BCUT2D eigenvalue weighted by Crippen LogP contribution is -2.14. The minimum absolute atomic E-state index is 0.0217. The van der Waals surface area contributed by atoms with Crippen LogP contribution in [0.5, 0.6) is 11.5 Å². The van der Waals surface area contributed by atoms with Gasteiger partial charge in [0.15, 0.2) is 11.5 Å². The highest BCUT2D eigenvalue weighted by molar-refractivity contribution is 5.79. The first-order chi connectivity index (χ1) is 8.49. The van der Waals surface area contributed by atoms with Gasteiger partial charge in [-0.25, -0.2) is 0 Å². The number of carbonyl (C=O) groups is 1. The quantitative estimate of drug-likeness (QED) is 0.762. The summed E-state index contributed by atoms with van der Waals surface area (Å²) in [5.74, 6) is 0.557. The number of phenols is 1. The van der Waals surface area contributed by atoms with Crippen molar-refractivity contribution in [2.24, 2.45) is 5.92 Å². The number of hydrogen-bond acceptors (Lipinski definition) is 4. The van der Waals surface area contributed by atoms with E-state index in [1.807, 2.05) is 0 Å². The number of ketones is 1. The number of Topliss-reactive ketones (excluding diaryl/α,β-unsaturated/α-hetero) is 1. The van der Waals surface area contributed by atoms with Gasteiger partial charge in [-0.3, -0.25) is 4.79 Å². The molecule has 4 heteroatoms. The van der Waals surface area contributed by atoms with Gasteiger partial charge in [-0.2, -0.15) is 0 Å². The first kappa shape index (κ1) is 14.4. The zero-order valence-electron chi connectivity index (χ0n) is 11.2. The van der Waals surface area contributed by atoms with E-state index in [1.165, 1.54) is 13.2 Å². The molecule has 0 bridgehead atoms. The number of methoxy groups -OCH3 is 1. The third kappa shape index (κ3) is 3.39. The monoisotopic (exact) mass is 251 g/mol. The van der Waals surface area contributed by atoms with E-state index in [1.54, 1.807) is 13.0 Å². The highest BCUT2D eigenvalue weighted by Gasteiger charge is 2.17. The van der Waals surface area contributed by atoms with Crippen molar-refractivity contribution in [2.75, 3.05) is 12.8 Å². The van der Waals surface area contributed by atoms with Gasteiger partial charge in [0.1, 0.15) is 5.78 Å². The van der Waals surface area contributed by atoms with Crippen LogP contribution in [0.4, 0.5) is 5.69 Å². The van der Waals surface area contributed by atoms with Crippen LogP contribution in [0.15, 0.2) is 12.1 Å². The molecule has 1 atom stereocenters. The van der Waals surface area contributed by atoms with Gasteiger partial charge in [-0.1, -0.05) is 13.3 Å². The number of aromatic hydroxyl groups is 1. The zero-order chi connectivity index (χ0) is 13.7. The van der Waals surface area contributed by atoms with Crippen molar-refractivity contribution in [3.63, 3.8) is 0 Å². The van der Waals surface area contributed by atoms with Crippen molar-refractivity contribution in [1.29, 1.82) is 0 Å². The number of nitrogens with two attached hydrogens (primary N) is 1. The average molecular weight is 251 g/mol. The number of benzene rings is 1. The summed E-state index contributed by atoms with van der Waals surface area (Å²) in [7, 11) is 1.49. The standard InChI is InChI=1S/C14H21NO3/c1-4-5-10(9(2)16)6-11-7-14(18-3)13(17)8-12(11)15/h7-8,10,17H,4-6,15H2,1-3H3. The van der Waals surface area contributed by atoms with Crippen LogP contribution in [0, 0.1) is 5.92 Å². The molecule has 0 aliphatic carbocycles. The lowest BCUT2D eigenvalue weighted by molar-refractivity contribution is -0.120. The van der Waals surface area contributed by atoms with Crippen LogP contribution in [-0.4, -0.2) is 18.0 Å². The van der Waals surface area contributed by atoms with Crippen molar-refractivity contribution in [3.8, 4) is 11.5 Å². The summed E-state index contributed by atoms with van der Waals surface area (Å²) in [5, 5.41) is 9.59. The maximum atomic E-state index is 11.5. The highest BCUT2D eigenvalue weighted by atomic mass is 16.5. The molecule has 0 amide bonds. The fourth-order valence-electron chi connectivity index (χ4n) is 2.03. The van der Waals surface area contributed by atoms with Crippen molar-refractivity contribution in [2.45, 2.75) is 33.1 Å². The molecule has 18 heavy (non-hydrogen) atoms. The maximum absolute atomic E-state index is 11.5. The number of hydrogen-bond donors (Lipinski definition) is 2. The van der Waals surface area contributed by atoms with E-state index in [0.717, 1.165) is 18.4 Å². The van der Waals surface area contributed by atoms with Crippen molar-refractivity contribution in [3.05, 3.63) is 17.7 Å². The molecule has 0 saturated heterocycles. The molecule has 0 radical (unpaired) electrons. The van der Waals surface area contributed by atoms with Crippen LogP contribution in [-0.2, 0) is 11.2 Å². The molecule has 3 N–H and O–H groups in total. The summed E-state index contributed by atoms with van der Waals surface area (Å²) in [6.07, 6.45) is 2.39. The van der Waals surface area contributed by atoms with Crippen molar-refractivity contribution < 1.29 is 14.6 Å². The molecule has 0 saturated carbocycles. The second kappa shape index (κ2) is 6.28. The van der Waals surface area contributed by atoms with Gasteiger partial charge < -0.3 is 15.6 Å². The number of ether oxygens (including phenoxy) is 1. The summed E-state index contributed by atoms with van der Waals surface area (Å²) in [6, 6.07) is 3.17. The number of phenolic OH excluding ortho intramolecular Hbond substituents is 1. The lowest BCUT2D eigenvalue weighted by Gasteiger charge is -2.15. The fraction of sp³-hybridized carbons (Fsp3) is 0.500. The molecule has 0 fully saturated rings. The average Bonchev–Trinajstić information content (AvgIpc) is 2.31. The predicted molar refractivity (Wildman–Crippen MR) is 71.9 cm³/mol. The van der Waals surface area contributed by atoms with E-state index in [4.69, 9.17) is 10.5 Å². The number of carbonyl (C=O) groups excluding carboxylic acids is 1. The fourth-order valence-corrected chi connectivity index (χ4v) is 2.03. The molecule has 1 rings (SSSR count). The van der Waals surface area contributed by atoms with Crippen LogP contribution in [0.3, 0.4) is 0 Å². The minimum atomic E-state index is -0.0217. The number of nitrogen functional groups attached to an aromatic ring is 1. The van der Waals surface area contributed by atoms with E-state index in [-0.39, 0.29) is 17.5 Å². The van der Waals surface area contributed by atoms with Gasteiger partial charge >= 0.3 is 0 Å². The number of rotatable bonds is 6. The van der Waals surface area contributed by atoms with Crippen LogP contribution >= 0.6 is 0 Å². The Morgan fingerprint density at radius 1 is 1.50 bits per heavy atom. The second-order valence-electron chi connectivity index (χ2n) is 4.52. The largest absolute Gasteiger partial charge is 0.504 e. The molecule has 100 valence electrons. The zero-order valence-corrected chi connectivity index (χ0v) is 11.2. The normalized spacial score (nSPS) is 12.2. The molecule has 1 aromatic rings. The van der Waals surface area contributed by atoms with Crippen LogP contribution < -0.4 is 10.5 Å². The second-order valence-corrected chi connectivity index (χ2v) is 4.52. The number of anilines is 1. The third-order valence-corrected chi connectivity index (χ3v) is 3.12. The van der Waals surface area contributed by atoms with Gasteiger partial charge in [0.2, 0.25) is 0 Å². The SMILES string of the molecule is CCCC(Cc1cc(OC)c(O)cc1N)C(C)=O. The summed E-state index contributed by atoms with van der Waals surface area (Å²) in [6.45, 7) is 3.66. The Morgan fingerprint density at radius 3 is 2.67 bits per heavy atom. The summed E-state index contributed by atoms with van der Waals surface area (Å²) in [4.78, 5) is 11.5. The minimum Gasteiger partial charge on any atom is -0.504 e. The topological polar surface area (TPSA) is 72.6 Å². The Labute approximate surface area is 108 Å². The maximum Gasteiger partial charge on any atom is 0.160 e.